The molecule has 0 saturated carbocycles. The van der Waals surface area contributed by atoms with Crippen LogP contribution in [0.25, 0.3) is 0 Å². The zero-order chi connectivity index (χ0) is 17.6. The Morgan fingerprint density at radius 1 is 1.32 bits per heavy atom. The third-order valence-corrected chi connectivity index (χ3v) is 4.53. The molecule has 1 fully saturated rings. The van der Waals surface area contributed by atoms with Gasteiger partial charge in [-0.25, -0.2) is 14.4 Å². The summed E-state index contributed by atoms with van der Waals surface area (Å²) in [5, 5.41) is 3.10. The second-order valence-corrected chi connectivity index (χ2v) is 6.54. The summed E-state index contributed by atoms with van der Waals surface area (Å²) in [7, 11) is 0. The summed E-state index contributed by atoms with van der Waals surface area (Å²) in [4.78, 5) is 23.1. The molecule has 0 bridgehead atoms. The molecule has 1 aromatic carbocycles. The van der Waals surface area contributed by atoms with Crippen molar-refractivity contribution in [3.8, 4) is 0 Å². The Labute approximate surface area is 147 Å². The number of carbonyl (C=O) groups excluding carboxylic acids is 1. The van der Waals surface area contributed by atoms with Gasteiger partial charge in [-0.05, 0) is 37.0 Å². The van der Waals surface area contributed by atoms with Gasteiger partial charge in [0.25, 0.3) is 0 Å². The van der Waals surface area contributed by atoms with E-state index >= 15 is 0 Å². The van der Waals surface area contributed by atoms with E-state index in [2.05, 4.69) is 20.2 Å². The van der Waals surface area contributed by atoms with Gasteiger partial charge in [-0.2, -0.15) is 0 Å². The molecule has 1 amide bonds. The number of nitrogens with zero attached hydrogens (tertiary/aromatic N) is 3. The van der Waals surface area contributed by atoms with E-state index in [9.17, 15) is 9.18 Å². The van der Waals surface area contributed by atoms with Crippen LogP contribution in [0.5, 0.6) is 0 Å². The van der Waals surface area contributed by atoms with Crippen LogP contribution in [-0.2, 0) is 11.2 Å². The van der Waals surface area contributed by atoms with Gasteiger partial charge >= 0.3 is 0 Å². The second kappa shape index (κ2) is 8.05. The molecule has 0 spiro atoms. The molecule has 1 aliphatic heterocycles. The normalized spacial score (nSPS) is 18.6. The highest BCUT2D eigenvalue weighted by Crippen LogP contribution is 2.17. The maximum atomic E-state index is 13.8. The SMILES string of the molecule is CC(Cc1ccccc1F)C(=O)NC1CCCN(c2ncccn2)C1. The molecular weight excluding hydrogens is 319 g/mol. The Kier molecular flexibility index (Phi) is 5.58. The molecule has 1 aromatic heterocycles. The first-order valence-corrected chi connectivity index (χ1v) is 8.69. The second-order valence-electron chi connectivity index (χ2n) is 6.54. The fraction of sp³-hybridized carbons (Fsp3) is 0.421. The Hall–Kier alpha value is -2.50. The van der Waals surface area contributed by atoms with Crippen LogP contribution >= 0.6 is 0 Å². The first-order valence-electron chi connectivity index (χ1n) is 8.69. The van der Waals surface area contributed by atoms with Crippen molar-refractivity contribution < 1.29 is 9.18 Å². The van der Waals surface area contributed by atoms with Crippen molar-refractivity contribution in [3.05, 3.63) is 54.1 Å². The maximum Gasteiger partial charge on any atom is 0.225 e. The van der Waals surface area contributed by atoms with Gasteiger partial charge in [-0.1, -0.05) is 25.1 Å². The minimum absolute atomic E-state index is 0.0379. The summed E-state index contributed by atoms with van der Waals surface area (Å²) in [5.74, 6) is 0.123. The zero-order valence-corrected chi connectivity index (χ0v) is 14.4. The lowest BCUT2D eigenvalue weighted by Crippen LogP contribution is -2.49. The average Bonchev–Trinajstić information content (AvgIpc) is 2.64. The predicted molar refractivity (Wildman–Crippen MR) is 94.7 cm³/mol. The first kappa shape index (κ1) is 17.3. The lowest BCUT2D eigenvalue weighted by atomic mass is 9.98. The fourth-order valence-electron chi connectivity index (χ4n) is 3.16. The number of aromatic nitrogens is 2. The fourth-order valence-corrected chi connectivity index (χ4v) is 3.16. The number of piperidine rings is 1. The molecule has 3 rings (SSSR count). The van der Waals surface area contributed by atoms with Gasteiger partial charge in [0.05, 0.1) is 0 Å². The predicted octanol–water partition coefficient (Wildman–Crippen LogP) is 2.58. The zero-order valence-electron chi connectivity index (χ0n) is 14.4. The number of amides is 1. The molecule has 1 saturated heterocycles. The minimum atomic E-state index is -0.278. The summed E-state index contributed by atoms with van der Waals surface area (Å²) in [5.41, 5.74) is 0.577. The molecule has 2 atom stereocenters. The van der Waals surface area contributed by atoms with Crippen LogP contribution in [0.2, 0.25) is 0 Å². The molecule has 132 valence electrons. The lowest BCUT2D eigenvalue weighted by molar-refractivity contribution is -0.125. The standard InChI is InChI=1S/C19H23FN4O/c1-14(12-15-6-2-3-8-17(15)20)18(25)23-16-7-4-11-24(13-16)19-21-9-5-10-22-19/h2-3,5-6,8-10,14,16H,4,7,11-13H2,1H3,(H,23,25). The minimum Gasteiger partial charge on any atom is -0.351 e. The number of benzene rings is 1. The molecule has 0 radical (unpaired) electrons. The topological polar surface area (TPSA) is 58.1 Å². The van der Waals surface area contributed by atoms with Crippen LogP contribution in [-0.4, -0.2) is 35.0 Å². The number of anilines is 1. The Bertz CT molecular complexity index is 710. The van der Waals surface area contributed by atoms with Crippen molar-refractivity contribution in [2.45, 2.75) is 32.2 Å². The molecule has 2 aromatic rings. The van der Waals surface area contributed by atoms with Crippen LogP contribution < -0.4 is 10.2 Å². The Morgan fingerprint density at radius 3 is 2.84 bits per heavy atom. The van der Waals surface area contributed by atoms with Crippen LogP contribution in [0.1, 0.15) is 25.3 Å². The van der Waals surface area contributed by atoms with Crippen molar-refractivity contribution in [1.82, 2.24) is 15.3 Å². The van der Waals surface area contributed by atoms with E-state index < -0.39 is 0 Å². The van der Waals surface area contributed by atoms with E-state index in [0.29, 0.717) is 24.5 Å². The van der Waals surface area contributed by atoms with Gasteiger partial charge in [-0.3, -0.25) is 4.79 Å². The number of hydrogen-bond donors (Lipinski definition) is 1. The Balaban J connectivity index is 1.56. The van der Waals surface area contributed by atoms with E-state index in [-0.39, 0.29) is 23.7 Å². The molecule has 1 N–H and O–H groups in total. The molecule has 6 heteroatoms. The lowest BCUT2D eigenvalue weighted by Gasteiger charge is -2.33. The third-order valence-electron chi connectivity index (χ3n) is 4.53. The molecule has 0 aliphatic carbocycles. The average molecular weight is 342 g/mol. The smallest absolute Gasteiger partial charge is 0.225 e. The van der Waals surface area contributed by atoms with Gasteiger partial charge < -0.3 is 10.2 Å². The van der Waals surface area contributed by atoms with Crippen molar-refractivity contribution in [2.75, 3.05) is 18.0 Å². The maximum absolute atomic E-state index is 13.8. The number of hydrogen-bond acceptors (Lipinski definition) is 4. The first-order chi connectivity index (χ1) is 12.1. The van der Waals surface area contributed by atoms with Crippen molar-refractivity contribution in [1.29, 1.82) is 0 Å². The van der Waals surface area contributed by atoms with E-state index in [1.54, 1.807) is 36.7 Å². The van der Waals surface area contributed by atoms with Crippen molar-refractivity contribution >= 4 is 11.9 Å². The Morgan fingerprint density at radius 2 is 2.08 bits per heavy atom. The molecule has 2 heterocycles. The van der Waals surface area contributed by atoms with Crippen LogP contribution in [0.15, 0.2) is 42.7 Å². The molecule has 2 unspecified atom stereocenters. The van der Waals surface area contributed by atoms with Crippen molar-refractivity contribution in [2.24, 2.45) is 5.92 Å². The number of nitrogens with one attached hydrogen (secondary N) is 1. The van der Waals surface area contributed by atoms with E-state index in [0.717, 1.165) is 19.4 Å². The summed E-state index contributed by atoms with van der Waals surface area (Å²) in [6, 6.07) is 8.46. The number of rotatable bonds is 5. The van der Waals surface area contributed by atoms with E-state index in [4.69, 9.17) is 0 Å². The van der Waals surface area contributed by atoms with Crippen molar-refractivity contribution in [3.63, 3.8) is 0 Å². The van der Waals surface area contributed by atoms with Gasteiger partial charge in [0, 0.05) is 37.4 Å². The van der Waals surface area contributed by atoms with E-state index in [1.807, 2.05) is 6.92 Å². The quantitative estimate of drug-likeness (QED) is 0.907. The van der Waals surface area contributed by atoms with Gasteiger partial charge in [0.15, 0.2) is 0 Å². The highest BCUT2D eigenvalue weighted by Gasteiger charge is 2.25. The number of halogens is 1. The number of carbonyl (C=O) groups is 1. The molecule has 5 nitrogen and oxygen atoms in total. The molecular formula is C19H23FN4O. The highest BCUT2D eigenvalue weighted by molar-refractivity contribution is 5.79. The summed E-state index contributed by atoms with van der Waals surface area (Å²) in [6.07, 6.45) is 5.76. The van der Waals surface area contributed by atoms with Crippen LogP contribution in [0.3, 0.4) is 0 Å². The van der Waals surface area contributed by atoms with Crippen LogP contribution in [0, 0.1) is 11.7 Å². The van der Waals surface area contributed by atoms with E-state index in [1.165, 1.54) is 6.07 Å². The summed E-state index contributed by atoms with van der Waals surface area (Å²) < 4.78 is 13.8. The molecule has 1 aliphatic rings. The monoisotopic (exact) mass is 342 g/mol. The summed E-state index contributed by atoms with van der Waals surface area (Å²) >= 11 is 0. The van der Waals surface area contributed by atoms with Crippen LogP contribution in [0.4, 0.5) is 10.3 Å². The largest absolute Gasteiger partial charge is 0.351 e. The van der Waals surface area contributed by atoms with Gasteiger partial charge in [0.2, 0.25) is 11.9 Å². The van der Waals surface area contributed by atoms with Gasteiger partial charge in [0.1, 0.15) is 5.82 Å². The summed E-state index contributed by atoms with van der Waals surface area (Å²) in [6.45, 7) is 3.42. The third kappa shape index (κ3) is 4.53. The van der Waals surface area contributed by atoms with Gasteiger partial charge in [-0.15, -0.1) is 0 Å². The highest BCUT2D eigenvalue weighted by atomic mass is 19.1. The molecule has 25 heavy (non-hydrogen) atoms.